The number of benzene rings is 2. The summed E-state index contributed by atoms with van der Waals surface area (Å²) in [6.07, 6.45) is 0. The summed E-state index contributed by atoms with van der Waals surface area (Å²) >= 11 is 1.52. The van der Waals surface area contributed by atoms with Crippen molar-refractivity contribution >= 4 is 17.2 Å². The number of aromatic nitrogens is 1. The molecular weight excluding hydrogens is 360 g/mol. The first-order valence-corrected chi connectivity index (χ1v) is 9.38. The minimum atomic E-state index is -0.729. The Morgan fingerprint density at radius 3 is 2.07 bits per heavy atom. The van der Waals surface area contributed by atoms with E-state index in [0.29, 0.717) is 0 Å². The molecule has 140 valence electrons. The molecule has 0 bridgehead atoms. The highest BCUT2D eigenvalue weighted by molar-refractivity contribution is 7.10. The number of hydrogen-bond donors (Lipinski definition) is 1. The Hall–Kier alpha value is -2.86. The van der Waals surface area contributed by atoms with Gasteiger partial charge in [-0.1, -0.05) is 12.1 Å². The number of methoxy groups -OCH3 is 2. The van der Waals surface area contributed by atoms with E-state index < -0.39 is 5.54 Å². The minimum Gasteiger partial charge on any atom is -0.497 e. The first-order chi connectivity index (χ1) is 13.0. The first-order valence-electron chi connectivity index (χ1n) is 8.50. The molecular formula is C21H22N2O3S. The summed E-state index contributed by atoms with van der Waals surface area (Å²) in [7, 11) is 3.27. The van der Waals surface area contributed by atoms with Gasteiger partial charge in [-0.2, -0.15) is 0 Å². The van der Waals surface area contributed by atoms with Gasteiger partial charge in [-0.25, -0.2) is 4.98 Å². The highest BCUT2D eigenvalue weighted by Gasteiger charge is 2.33. The van der Waals surface area contributed by atoms with Gasteiger partial charge in [-0.05, 0) is 48.9 Å². The van der Waals surface area contributed by atoms with Gasteiger partial charge >= 0.3 is 0 Å². The highest BCUT2D eigenvalue weighted by Crippen LogP contribution is 2.35. The summed E-state index contributed by atoms with van der Waals surface area (Å²) in [6.45, 7) is 3.48. The number of nitrogens with one attached hydrogen (secondary N) is 1. The Morgan fingerprint density at radius 1 is 1.00 bits per heavy atom. The summed E-state index contributed by atoms with van der Waals surface area (Å²) in [5.41, 5.74) is 2.07. The normalized spacial score (nSPS) is 12.9. The van der Waals surface area contributed by atoms with Crippen LogP contribution in [-0.2, 0) is 10.3 Å². The molecule has 2 aromatic carbocycles. The second kappa shape index (κ2) is 7.80. The molecule has 5 nitrogen and oxygen atoms in total. The van der Waals surface area contributed by atoms with E-state index in [1.54, 1.807) is 14.2 Å². The van der Waals surface area contributed by atoms with Crippen molar-refractivity contribution in [3.8, 4) is 22.8 Å². The van der Waals surface area contributed by atoms with Gasteiger partial charge in [0.05, 0.1) is 19.9 Å². The number of amides is 1. The van der Waals surface area contributed by atoms with Crippen LogP contribution in [0, 0.1) is 0 Å². The molecule has 0 fully saturated rings. The lowest BCUT2D eigenvalue weighted by Gasteiger charge is -2.29. The van der Waals surface area contributed by atoms with E-state index in [0.717, 1.165) is 33.3 Å². The third kappa shape index (κ3) is 3.95. The van der Waals surface area contributed by atoms with Crippen molar-refractivity contribution < 1.29 is 14.3 Å². The Kier molecular flexibility index (Phi) is 5.46. The fourth-order valence-electron chi connectivity index (χ4n) is 2.92. The average molecular weight is 382 g/mol. The van der Waals surface area contributed by atoms with Crippen LogP contribution in [0.1, 0.15) is 24.4 Å². The SMILES string of the molecule is COc1ccc(-c2csc(C(C)(NC(C)=O)c3ccc(OC)cc3)n2)cc1. The van der Waals surface area contributed by atoms with Crippen molar-refractivity contribution in [3.63, 3.8) is 0 Å². The molecule has 0 aliphatic rings. The van der Waals surface area contributed by atoms with Gasteiger partial charge in [0.15, 0.2) is 0 Å². The summed E-state index contributed by atoms with van der Waals surface area (Å²) < 4.78 is 10.4. The van der Waals surface area contributed by atoms with Crippen LogP contribution in [0.25, 0.3) is 11.3 Å². The number of thiazole rings is 1. The van der Waals surface area contributed by atoms with Gasteiger partial charge < -0.3 is 14.8 Å². The van der Waals surface area contributed by atoms with Crippen molar-refractivity contribution in [2.24, 2.45) is 0 Å². The van der Waals surface area contributed by atoms with Crippen molar-refractivity contribution in [2.75, 3.05) is 14.2 Å². The smallest absolute Gasteiger partial charge is 0.217 e. The predicted molar refractivity (Wildman–Crippen MR) is 107 cm³/mol. The molecule has 0 radical (unpaired) electrons. The van der Waals surface area contributed by atoms with Crippen LogP contribution in [-0.4, -0.2) is 25.1 Å². The Labute approximate surface area is 163 Å². The fraction of sp³-hybridized carbons (Fsp3) is 0.238. The van der Waals surface area contributed by atoms with Crippen molar-refractivity contribution in [1.82, 2.24) is 10.3 Å². The highest BCUT2D eigenvalue weighted by atomic mass is 32.1. The molecule has 0 aliphatic carbocycles. The Balaban J connectivity index is 1.99. The quantitative estimate of drug-likeness (QED) is 0.693. The van der Waals surface area contributed by atoms with Gasteiger partial charge in [-0.3, -0.25) is 4.79 Å². The zero-order valence-corrected chi connectivity index (χ0v) is 16.6. The van der Waals surface area contributed by atoms with Gasteiger partial charge in [0.25, 0.3) is 0 Å². The van der Waals surface area contributed by atoms with Crippen LogP contribution >= 0.6 is 11.3 Å². The molecule has 0 aliphatic heterocycles. The van der Waals surface area contributed by atoms with Crippen LogP contribution in [0.2, 0.25) is 0 Å². The lowest BCUT2D eigenvalue weighted by Crippen LogP contribution is -2.43. The lowest BCUT2D eigenvalue weighted by molar-refractivity contribution is -0.120. The van der Waals surface area contributed by atoms with E-state index in [-0.39, 0.29) is 5.91 Å². The van der Waals surface area contributed by atoms with Crippen molar-refractivity contribution in [3.05, 3.63) is 64.5 Å². The standard InChI is InChI=1S/C21H22N2O3S/c1-14(24)23-21(2,16-7-11-18(26-4)12-8-16)20-22-19(13-27-20)15-5-9-17(25-3)10-6-15/h5-13H,1-4H3,(H,23,24). The monoisotopic (exact) mass is 382 g/mol. The van der Waals surface area contributed by atoms with E-state index in [1.165, 1.54) is 18.3 Å². The molecule has 3 rings (SSSR count). The third-order valence-corrected chi connectivity index (χ3v) is 5.48. The zero-order chi connectivity index (χ0) is 19.4. The molecule has 0 spiro atoms. The zero-order valence-electron chi connectivity index (χ0n) is 15.8. The minimum absolute atomic E-state index is 0.116. The molecule has 1 N–H and O–H groups in total. The van der Waals surface area contributed by atoms with Crippen LogP contribution < -0.4 is 14.8 Å². The number of ether oxygens (including phenoxy) is 2. The first kappa shape index (κ1) is 18.9. The summed E-state index contributed by atoms with van der Waals surface area (Å²) in [5, 5.41) is 5.87. The fourth-order valence-corrected chi connectivity index (χ4v) is 3.89. The molecule has 27 heavy (non-hydrogen) atoms. The van der Waals surface area contributed by atoms with Gasteiger partial charge in [0, 0.05) is 17.9 Å². The van der Waals surface area contributed by atoms with Crippen molar-refractivity contribution in [1.29, 1.82) is 0 Å². The molecule has 0 saturated heterocycles. The van der Waals surface area contributed by atoms with Crippen LogP contribution in [0.4, 0.5) is 0 Å². The van der Waals surface area contributed by atoms with Gasteiger partial charge in [-0.15, -0.1) is 11.3 Å². The van der Waals surface area contributed by atoms with Crippen LogP contribution in [0.3, 0.4) is 0 Å². The van der Waals surface area contributed by atoms with E-state index in [9.17, 15) is 4.79 Å². The molecule has 0 saturated carbocycles. The number of rotatable bonds is 6. The molecule has 1 amide bonds. The van der Waals surface area contributed by atoms with Gasteiger partial charge in [0.2, 0.25) is 5.91 Å². The maximum atomic E-state index is 11.9. The van der Waals surface area contributed by atoms with E-state index in [1.807, 2.05) is 60.8 Å². The number of carbonyl (C=O) groups is 1. The molecule has 3 aromatic rings. The van der Waals surface area contributed by atoms with E-state index in [4.69, 9.17) is 14.5 Å². The largest absolute Gasteiger partial charge is 0.497 e. The molecule has 1 aromatic heterocycles. The molecule has 1 atom stereocenters. The summed E-state index contributed by atoms with van der Waals surface area (Å²) in [6, 6.07) is 15.4. The lowest BCUT2D eigenvalue weighted by atomic mass is 9.92. The Morgan fingerprint density at radius 2 is 1.56 bits per heavy atom. The summed E-state index contributed by atoms with van der Waals surface area (Å²) in [4.78, 5) is 16.7. The topological polar surface area (TPSA) is 60.5 Å². The third-order valence-electron chi connectivity index (χ3n) is 4.41. The average Bonchev–Trinajstić information content (AvgIpc) is 3.18. The molecule has 6 heteroatoms. The number of nitrogens with zero attached hydrogens (tertiary/aromatic N) is 1. The maximum Gasteiger partial charge on any atom is 0.217 e. The van der Waals surface area contributed by atoms with Crippen LogP contribution in [0.15, 0.2) is 53.9 Å². The second-order valence-corrected chi connectivity index (χ2v) is 7.16. The predicted octanol–water partition coefficient (Wildman–Crippen LogP) is 4.23. The van der Waals surface area contributed by atoms with Crippen LogP contribution in [0.5, 0.6) is 11.5 Å². The second-order valence-electron chi connectivity index (χ2n) is 6.30. The molecule has 1 heterocycles. The maximum absolute atomic E-state index is 11.9. The van der Waals surface area contributed by atoms with E-state index >= 15 is 0 Å². The Bertz CT molecular complexity index is 919. The number of hydrogen-bond acceptors (Lipinski definition) is 5. The van der Waals surface area contributed by atoms with Crippen molar-refractivity contribution in [2.45, 2.75) is 19.4 Å². The summed E-state index contributed by atoms with van der Waals surface area (Å²) in [5.74, 6) is 1.45. The van der Waals surface area contributed by atoms with Gasteiger partial charge in [0.1, 0.15) is 22.0 Å². The van der Waals surface area contributed by atoms with E-state index in [2.05, 4.69) is 5.32 Å². The number of carbonyl (C=O) groups excluding carboxylic acids is 1. The molecule has 1 unspecified atom stereocenters.